The van der Waals surface area contributed by atoms with Gasteiger partial charge in [-0.1, -0.05) is 60.2 Å². The molecule has 0 saturated carbocycles. The van der Waals surface area contributed by atoms with Gasteiger partial charge in [-0.25, -0.2) is 0 Å². The fourth-order valence-electron chi connectivity index (χ4n) is 3.24. The number of benzene rings is 1. The topological polar surface area (TPSA) is 20.3 Å². The van der Waals surface area contributed by atoms with Crippen LogP contribution < -0.4 is 0 Å². The molecule has 0 aromatic heterocycles. The molecule has 1 aromatic rings. The second-order valence-electron chi connectivity index (χ2n) is 7.20. The molecule has 0 heterocycles. The Kier molecular flexibility index (Phi) is 6.33. The lowest BCUT2D eigenvalue weighted by Gasteiger charge is -2.33. The van der Waals surface area contributed by atoms with Gasteiger partial charge in [0.05, 0.1) is 5.41 Å². The van der Waals surface area contributed by atoms with Crippen molar-refractivity contribution in [3.05, 3.63) is 65.8 Å². The number of carbonyl (C=O) groups excluding carboxylic acids is 1. The van der Waals surface area contributed by atoms with E-state index in [1.807, 2.05) is 20.2 Å². The molecule has 0 bridgehead atoms. The fourth-order valence-corrected chi connectivity index (χ4v) is 3.24. The summed E-state index contributed by atoms with van der Waals surface area (Å²) in [4.78, 5) is 15.1. The van der Waals surface area contributed by atoms with Crippen LogP contribution in [0.25, 0.3) is 5.57 Å². The van der Waals surface area contributed by atoms with Gasteiger partial charge < -0.3 is 4.90 Å². The third-order valence-electron chi connectivity index (χ3n) is 4.45. The van der Waals surface area contributed by atoms with E-state index < -0.39 is 5.41 Å². The molecule has 0 saturated heterocycles. The summed E-state index contributed by atoms with van der Waals surface area (Å²) in [6, 6.07) is 10.4. The van der Waals surface area contributed by atoms with Crippen molar-refractivity contribution in [1.82, 2.24) is 4.90 Å². The zero-order valence-corrected chi connectivity index (χ0v) is 15.4. The van der Waals surface area contributed by atoms with Gasteiger partial charge in [0.15, 0.2) is 0 Å². The van der Waals surface area contributed by atoms with Crippen molar-refractivity contribution in [3.8, 4) is 0 Å². The van der Waals surface area contributed by atoms with Gasteiger partial charge in [-0.15, -0.1) is 0 Å². The molecule has 1 aromatic carbocycles. The van der Waals surface area contributed by atoms with Crippen LogP contribution in [0.2, 0.25) is 0 Å². The first-order valence-electron chi connectivity index (χ1n) is 8.69. The third-order valence-corrected chi connectivity index (χ3v) is 4.45. The Morgan fingerprint density at radius 2 is 1.92 bits per heavy atom. The molecule has 0 aliphatic heterocycles. The lowest BCUT2D eigenvalue weighted by molar-refractivity contribution is -0.126. The van der Waals surface area contributed by atoms with Gasteiger partial charge in [0.25, 0.3) is 0 Å². The highest BCUT2D eigenvalue weighted by Crippen LogP contribution is 2.36. The summed E-state index contributed by atoms with van der Waals surface area (Å²) in [5, 5.41) is 0. The van der Waals surface area contributed by atoms with Crippen LogP contribution in [0.1, 0.15) is 38.7 Å². The van der Waals surface area contributed by atoms with E-state index >= 15 is 0 Å². The zero-order valence-electron chi connectivity index (χ0n) is 15.4. The standard InChI is InChI=1S/C22H29NO/c1-18(2)9-8-12-21(24)22(17-23(3)4)15-13-20(14-16-22)19-10-6-5-7-11-19/h5-7,9-11,13-15H,8,12,16-17H2,1-4H3. The number of hydrogen-bond acceptors (Lipinski definition) is 2. The van der Waals surface area contributed by atoms with Crippen molar-refractivity contribution in [2.24, 2.45) is 5.41 Å². The molecular formula is C22H29NO. The van der Waals surface area contributed by atoms with E-state index in [0.717, 1.165) is 19.4 Å². The number of ketones is 1. The van der Waals surface area contributed by atoms with Gasteiger partial charge >= 0.3 is 0 Å². The number of nitrogens with zero attached hydrogens (tertiary/aromatic N) is 1. The Hall–Kier alpha value is -1.93. The van der Waals surface area contributed by atoms with Gasteiger partial charge in [-0.2, -0.15) is 0 Å². The highest BCUT2D eigenvalue weighted by Gasteiger charge is 2.36. The lowest BCUT2D eigenvalue weighted by atomic mass is 9.74. The predicted octanol–water partition coefficient (Wildman–Crippen LogP) is 4.89. The van der Waals surface area contributed by atoms with Crippen LogP contribution in [0.5, 0.6) is 0 Å². The zero-order chi connectivity index (χ0) is 17.6. The average molecular weight is 323 g/mol. The first-order valence-corrected chi connectivity index (χ1v) is 8.69. The summed E-state index contributed by atoms with van der Waals surface area (Å²) < 4.78 is 0. The van der Waals surface area contributed by atoms with Gasteiger partial charge in [0.1, 0.15) is 5.78 Å². The van der Waals surface area contributed by atoms with E-state index in [1.165, 1.54) is 16.7 Å². The molecule has 0 amide bonds. The van der Waals surface area contributed by atoms with Crippen molar-refractivity contribution in [2.45, 2.75) is 33.1 Å². The van der Waals surface area contributed by atoms with Crippen LogP contribution in [0.4, 0.5) is 0 Å². The molecule has 2 nitrogen and oxygen atoms in total. The van der Waals surface area contributed by atoms with Crippen molar-refractivity contribution in [1.29, 1.82) is 0 Å². The van der Waals surface area contributed by atoms with Crippen LogP contribution in [0.3, 0.4) is 0 Å². The number of carbonyl (C=O) groups is 1. The maximum Gasteiger partial charge on any atom is 0.144 e. The molecule has 24 heavy (non-hydrogen) atoms. The molecule has 1 aliphatic rings. The van der Waals surface area contributed by atoms with E-state index in [0.29, 0.717) is 12.2 Å². The largest absolute Gasteiger partial charge is 0.308 e. The first kappa shape index (κ1) is 18.4. The van der Waals surface area contributed by atoms with Gasteiger partial charge in [-0.05, 0) is 51.9 Å². The highest BCUT2D eigenvalue weighted by atomic mass is 16.1. The van der Waals surface area contributed by atoms with E-state index in [2.05, 4.69) is 67.3 Å². The molecule has 1 aliphatic carbocycles. The van der Waals surface area contributed by atoms with Crippen LogP contribution in [0, 0.1) is 5.41 Å². The summed E-state index contributed by atoms with van der Waals surface area (Å²) in [6.07, 6.45) is 10.9. The van der Waals surface area contributed by atoms with Crippen molar-refractivity contribution in [3.63, 3.8) is 0 Å². The quantitative estimate of drug-likeness (QED) is 0.666. The molecule has 0 N–H and O–H groups in total. The molecule has 1 unspecified atom stereocenters. The van der Waals surface area contributed by atoms with Crippen LogP contribution >= 0.6 is 0 Å². The van der Waals surface area contributed by atoms with E-state index in [1.54, 1.807) is 0 Å². The first-order chi connectivity index (χ1) is 11.4. The molecule has 128 valence electrons. The SMILES string of the molecule is CC(C)=CCCC(=O)C1(CN(C)C)C=CC(c2ccccc2)=CC1. The summed E-state index contributed by atoms with van der Waals surface area (Å²) >= 11 is 0. The van der Waals surface area contributed by atoms with E-state index in [-0.39, 0.29) is 0 Å². The molecular weight excluding hydrogens is 294 g/mol. The highest BCUT2D eigenvalue weighted by molar-refractivity contribution is 5.90. The molecule has 2 rings (SSSR count). The second kappa shape index (κ2) is 8.25. The molecule has 0 radical (unpaired) electrons. The number of rotatable bonds is 7. The Morgan fingerprint density at radius 3 is 2.46 bits per heavy atom. The van der Waals surface area contributed by atoms with Gasteiger partial charge in [0.2, 0.25) is 0 Å². The number of hydrogen-bond donors (Lipinski definition) is 0. The maximum absolute atomic E-state index is 12.9. The molecule has 2 heteroatoms. The molecule has 1 atom stereocenters. The van der Waals surface area contributed by atoms with Crippen LogP contribution in [0.15, 0.2) is 60.2 Å². The Morgan fingerprint density at radius 1 is 1.21 bits per heavy atom. The van der Waals surface area contributed by atoms with Crippen LogP contribution in [-0.4, -0.2) is 31.3 Å². The summed E-state index contributed by atoms with van der Waals surface area (Å²) in [7, 11) is 4.07. The predicted molar refractivity (Wildman–Crippen MR) is 103 cm³/mol. The Balaban J connectivity index is 2.16. The van der Waals surface area contributed by atoms with Crippen molar-refractivity contribution in [2.75, 3.05) is 20.6 Å². The van der Waals surface area contributed by atoms with E-state index in [4.69, 9.17) is 0 Å². The average Bonchev–Trinajstić information content (AvgIpc) is 2.55. The summed E-state index contributed by atoms with van der Waals surface area (Å²) in [5.74, 6) is 0.341. The summed E-state index contributed by atoms with van der Waals surface area (Å²) in [6.45, 7) is 4.92. The minimum absolute atomic E-state index is 0.341. The number of Topliss-reactive ketones (excluding diaryl/α,β-unsaturated/α-hetero) is 1. The minimum Gasteiger partial charge on any atom is -0.308 e. The monoisotopic (exact) mass is 323 g/mol. The third kappa shape index (κ3) is 4.78. The molecule has 0 fully saturated rings. The fraction of sp³-hybridized carbons (Fsp3) is 0.409. The number of allylic oxidation sites excluding steroid dienone is 5. The lowest BCUT2D eigenvalue weighted by Crippen LogP contribution is -2.39. The maximum atomic E-state index is 12.9. The van der Waals surface area contributed by atoms with E-state index in [9.17, 15) is 4.79 Å². The second-order valence-corrected chi connectivity index (χ2v) is 7.20. The van der Waals surface area contributed by atoms with Gasteiger partial charge in [0, 0.05) is 13.0 Å². The summed E-state index contributed by atoms with van der Waals surface area (Å²) in [5.41, 5.74) is 3.30. The minimum atomic E-state index is -0.392. The normalized spacial score (nSPS) is 20.0. The van der Waals surface area contributed by atoms with Crippen molar-refractivity contribution < 1.29 is 4.79 Å². The van der Waals surface area contributed by atoms with Gasteiger partial charge in [-0.3, -0.25) is 4.79 Å². The Bertz CT molecular complexity index is 648. The van der Waals surface area contributed by atoms with Crippen LogP contribution in [-0.2, 0) is 4.79 Å². The Labute approximate surface area is 146 Å². The smallest absolute Gasteiger partial charge is 0.144 e. The molecule has 0 spiro atoms. The van der Waals surface area contributed by atoms with Crippen molar-refractivity contribution >= 4 is 11.4 Å².